The molecule has 0 radical (unpaired) electrons. The quantitative estimate of drug-likeness (QED) is 0.204. The molecule has 2 nitrogen and oxygen atoms in total. The minimum atomic E-state index is -0.875. The number of benzene rings is 1. The van der Waals surface area contributed by atoms with E-state index in [1.165, 1.54) is 32.1 Å². The van der Waals surface area contributed by atoms with Gasteiger partial charge in [-0.3, -0.25) is 0 Å². The molecule has 0 bridgehead atoms. The summed E-state index contributed by atoms with van der Waals surface area (Å²) in [7, 11) is 3.36. The summed E-state index contributed by atoms with van der Waals surface area (Å²) >= 11 is 0. The van der Waals surface area contributed by atoms with Gasteiger partial charge in [0.05, 0.1) is 0 Å². The molecule has 0 saturated carbocycles. The van der Waals surface area contributed by atoms with Crippen LogP contribution < -0.4 is 0 Å². The van der Waals surface area contributed by atoms with Gasteiger partial charge < -0.3 is 9.47 Å². The van der Waals surface area contributed by atoms with Gasteiger partial charge in [0.2, 0.25) is 0 Å². The highest BCUT2D eigenvalue weighted by molar-refractivity contribution is 5.20. The Kier molecular flexibility index (Phi) is 12.6. The molecule has 0 heterocycles. The fourth-order valence-electron chi connectivity index (χ4n) is 3.94. The largest absolute Gasteiger partial charge is 0.353 e. The van der Waals surface area contributed by atoms with Gasteiger partial charge in [-0.2, -0.15) is 0 Å². The molecule has 1 unspecified atom stereocenters. The summed E-state index contributed by atoms with van der Waals surface area (Å²) in [5, 5.41) is 0. The Hall–Kier alpha value is -1.07. The van der Waals surface area contributed by atoms with Gasteiger partial charge in [0.25, 0.3) is 0 Å². The highest BCUT2D eigenvalue weighted by atomic mass is 19.1. The molecular weight excluding hydrogens is 377 g/mol. The minimum Gasteiger partial charge on any atom is -0.353 e. The Labute approximate surface area is 175 Å². The van der Waals surface area contributed by atoms with Crippen molar-refractivity contribution in [2.45, 2.75) is 96.7 Å². The number of rotatable bonds is 16. The summed E-state index contributed by atoms with van der Waals surface area (Å²) in [4.78, 5) is 0. The summed E-state index contributed by atoms with van der Waals surface area (Å²) in [6.45, 7) is 4.20. The van der Waals surface area contributed by atoms with E-state index < -0.39 is 23.2 Å². The van der Waals surface area contributed by atoms with Crippen LogP contribution in [0.15, 0.2) is 12.1 Å². The zero-order valence-electron chi connectivity index (χ0n) is 18.7. The molecule has 1 atom stereocenters. The molecule has 29 heavy (non-hydrogen) atoms. The van der Waals surface area contributed by atoms with Crippen LogP contribution in [0.2, 0.25) is 0 Å². The number of methoxy groups -OCH3 is 2. The molecule has 0 aliphatic heterocycles. The molecule has 1 aromatic carbocycles. The molecule has 168 valence electrons. The maximum atomic E-state index is 13.7. The number of ether oxygens (including phenoxy) is 2. The lowest BCUT2D eigenvalue weighted by atomic mass is 9.87. The van der Waals surface area contributed by atoms with E-state index >= 15 is 0 Å². The van der Waals surface area contributed by atoms with Gasteiger partial charge in [-0.05, 0) is 32.6 Å². The van der Waals surface area contributed by atoms with E-state index in [0.717, 1.165) is 44.2 Å². The highest BCUT2D eigenvalue weighted by Gasteiger charge is 2.33. The van der Waals surface area contributed by atoms with E-state index in [1.54, 1.807) is 14.2 Å². The molecule has 0 fully saturated rings. The molecule has 0 amide bonds. The Morgan fingerprint density at radius 3 is 1.79 bits per heavy atom. The first-order valence-electron chi connectivity index (χ1n) is 11.1. The van der Waals surface area contributed by atoms with Crippen LogP contribution in [0.4, 0.5) is 13.2 Å². The lowest BCUT2D eigenvalue weighted by molar-refractivity contribution is -0.230. The fraction of sp³-hybridized carbons (Fsp3) is 0.750. The molecule has 0 N–H and O–H groups in total. The van der Waals surface area contributed by atoms with Crippen LogP contribution in [0.1, 0.15) is 90.0 Å². The van der Waals surface area contributed by atoms with Crippen molar-refractivity contribution >= 4 is 0 Å². The van der Waals surface area contributed by atoms with Crippen LogP contribution in [-0.2, 0) is 15.9 Å². The second-order valence-corrected chi connectivity index (χ2v) is 8.12. The van der Waals surface area contributed by atoms with Gasteiger partial charge in [0.1, 0.15) is 17.5 Å². The Balaban J connectivity index is 2.45. The topological polar surface area (TPSA) is 18.5 Å². The molecule has 0 aliphatic carbocycles. The fourth-order valence-corrected chi connectivity index (χ4v) is 3.94. The number of hydrogen-bond donors (Lipinski definition) is 0. The third kappa shape index (κ3) is 9.08. The van der Waals surface area contributed by atoms with Crippen molar-refractivity contribution in [3.63, 3.8) is 0 Å². The lowest BCUT2D eigenvalue weighted by Gasteiger charge is -2.35. The zero-order chi connectivity index (χ0) is 21.7. The first-order valence-corrected chi connectivity index (χ1v) is 11.1. The van der Waals surface area contributed by atoms with Gasteiger partial charge >= 0.3 is 0 Å². The zero-order valence-corrected chi connectivity index (χ0v) is 18.7. The lowest BCUT2D eigenvalue weighted by Crippen LogP contribution is -2.39. The maximum Gasteiger partial charge on any atom is 0.167 e. The van der Waals surface area contributed by atoms with Crippen LogP contribution in [-0.4, -0.2) is 20.0 Å². The minimum absolute atomic E-state index is 0.0198. The average molecular weight is 417 g/mol. The molecular formula is C24H39F3O2. The second kappa shape index (κ2) is 14.0. The molecule has 5 heteroatoms. The van der Waals surface area contributed by atoms with Crippen LogP contribution in [0.5, 0.6) is 0 Å². The van der Waals surface area contributed by atoms with Crippen LogP contribution >= 0.6 is 0 Å². The monoisotopic (exact) mass is 416 g/mol. The van der Waals surface area contributed by atoms with Crippen LogP contribution in [0.3, 0.4) is 0 Å². The summed E-state index contributed by atoms with van der Waals surface area (Å²) in [6.07, 6.45) is 12.2. The van der Waals surface area contributed by atoms with Crippen LogP contribution in [0.25, 0.3) is 0 Å². The number of hydrogen-bond acceptors (Lipinski definition) is 2. The first kappa shape index (κ1) is 26.0. The predicted octanol–water partition coefficient (Wildman–Crippen LogP) is 7.58. The van der Waals surface area contributed by atoms with Crippen molar-refractivity contribution in [1.82, 2.24) is 0 Å². The molecule has 1 rings (SSSR count). The molecule has 1 aromatic rings. The van der Waals surface area contributed by atoms with E-state index in [1.807, 2.05) is 6.92 Å². The van der Waals surface area contributed by atoms with Crippen molar-refractivity contribution in [1.29, 1.82) is 0 Å². The molecule has 0 aromatic heterocycles. The Morgan fingerprint density at radius 2 is 1.28 bits per heavy atom. The number of unbranched alkanes of at least 4 members (excludes halogenated alkanes) is 7. The van der Waals surface area contributed by atoms with E-state index in [2.05, 4.69) is 6.92 Å². The van der Waals surface area contributed by atoms with E-state index in [9.17, 15) is 13.2 Å². The third-order valence-electron chi connectivity index (χ3n) is 6.04. The van der Waals surface area contributed by atoms with Crippen molar-refractivity contribution in [3.05, 3.63) is 35.1 Å². The molecule has 0 saturated heterocycles. The van der Waals surface area contributed by atoms with E-state index in [4.69, 9.17) is 9.47 Å². The highest BCUT2D eigenvalue weighted by Crippen LogP contribution is 2.32. The van der Waals surface area contributed by atoms with Crippen molar-refractivity contribution in [2.75, 3.05) is 14.2 Å². The summed E-state index contributed by atoms with van der Waals surface area (Å²) < 4.78 is 51.8. The summed E-state index contributed by atoms with van der Waals surface area (Å²) in [6, 6.07) is 1.50. The van der Waals surface area contributed by atoms with E-state index in [-0.39, 0.29) is 17.9 Å². The number of halogens is 3. The SMILES string of the molecule is CCCCCCCCC(CCCCCc1c(F)cc(F)cc1F)C(C)(OC)OC. The van der Waals surface area contributed by atoms with Gasteiger partial charge in [-0.25, -0.2) is 13.2 Å². The standard InChI is InChI=1S/C24H39F3O2/c1-5-6-7-8-9-11-14-19(24(2,28-3)29-4)15-12-10-13-16-21-22(26)17-20(25)18-23(21)27/h17-19H,5-16H2,1-4H3. The van der Waals surface area contributed by atoms with Gasteiger partial charge in [-0.15, -0.1) is 0 Å². The van der Waals surface area contributed by atoms with Gasteiger partial charge in [0.15, 0.2) is 5.79 Å². The predicted molar refractivity (Wildman–Crippen MR) is 112 cm³/mol. The second-order valence-electron chi connectivity index (χ2n) is 8.12. The molecule has 0 spiro atoms. The van der Waals surface area contributed by atoms with Crippen molar-refractivity contribution < 1.29 is 22.6 Å². The Bertz CT molecular complexity index is 550. The normalized spacial score (nSPS) is 13.1. The van der Waals surface area contributed by atoms with Crippen LogP contribution in [0, 0.1) is 23.4 Å². The van der Waals surface area contributed by atoms with Gasteiger partial charge in [-0.1, -0.05) is 58.3 Å². The van der Waals surface area contributed by atoms with Gasteiger partial charge in [0, 0.05) is 37.8 Å². The smallest absolute Gasteiger partial charge is 0.167 e. The maximum absolute atomic E-state index is 13.7. The Morgan fingerprint density at radius 1 is 0.793 bits per heavy atom. The first-order chi connectivity index (χ1) is 13.9. The summed E-state index contributed by atoms with van der Waals surface area (Å²) in [5.74, 6) is -2.80. The van der Waals surface area contributed by atoms with E-state index in [0.29, 0.717) is 6.42 Å². The molecule has 0 aliphatic rings. The average Bonchev–Trinajstić information content (AvgIpc) is 2.69. The summed E-state index contributed by atoms with van der Waals surface area (Å²) in [5.41, 5.74) is -0.0198. The third-order valence-corrected chi connectivity index (χ3v) is 6.04. The van der Waals surface area contributed by atoms with Crippen molar-refractivity contribution in [2.24, 2.45) is 5.92 Å². The van der Waals surface area contributed by atoms with Crippen molar-refractivity contribution in [3.8, 4) is 0 Å².